The zero-order valence-corrected chi connectivity index (χ0v) is 9.56. The number of ether oxygens (including phenoxy) is 1. The van der Waals surface area contributed by atoms with Crippen molar-refractivity contribution in [1.82, 2.24) is 4.98 Å². The molecule has 86 valence electrons. The van der Waals surface area contributed by atoms with Crippen molar-refractivity contribution in [1.29, 1.82) is 0 Å². The predicted octanol–water partition coefficient (Wildman–Crippen LogP) is 2.22. The van der Waals surface area contributed by atoms with Gasteiger partial charge in [0, 0.05) is 17.1 Å². The Morgan fingerprint density at radius 3 is 2.65 bits per heavy atom. The maximum absolute atomic E-state index is 11.6. The number of Topliss-reactive ketones (excluding diaryl/α,β-unsaturated/α-hetero) is 1. The number of ketones is 1. The van der Waals surface area contributed by atoms with E-state index >= 15 is 0 Å². The highest BCUT2D eigenvalue weighted by molar-refractivity contribution is 6.06. The summed E-state index contributed by atoms with van der Waals surface area (Å²) in [6, 6.07) is 6.66. The van der Waals surface area contributed by atoms with Gasteiger partial charge < -0.3 is 4.74 Å². The molecule has 0 saturated carbocycles. The number of carbonyl (C=O) groups excluding carboxylic acids is 2. The van der Waals surface area contributed by atoms with Crippen molar-refractivity contribution in [3.63, 3.8) is 0 Å². The summed E-state index contributed by atoms with van der Waals surface area (Å²) in [7, 11) is 1.32. The van der Waals surface area contributed by atoms with Crippen LogP contribution in [-0.2, 0) is 4.74 Å². The van der Waals surface area contributed by atoms with E-state index in [2.05, 4.69) is 4.98 Å². The van der Waals surface area contributed by atoms with Gasteiger partial charge in [-0.15, -0.1) is 0 Å². The average Bonchev–Trinajstić information content (AvgIpc) is 2.36. The number of nitrogens with zero attached hydrogens (tertiary/aromatic N) is 1. The molecule has 0 N–H and O–H groups in total. The Morgan fingerprint density at radius 1 is 1.24 bits per heavy atom. The highest BCUT2D eigenvalue weighted by Gasteiger charge is 2.11. The minimum atomic E-state index is -0.432. The van der Waals surface area contributed by atoms with Crippen LogP contribution in [0.3, 0.4) is 0 Å². The highest BCUT2D eigenvalue weighted by atomic mass is 16.5. The van der Waals surface area contributed by atoms with Crippen LogP contribution in [0.4, 0.5) is 0 Å². The lowest BCUT2D eigenvalue weighted by molar-refractivity contribution is 0.0602. The van der Waals surface area contributed by atoms with Crippen molar-refractivity contribution in [3.05, 3.63) is 41.6 Å². The third-order valence-electron chi connectivity index (χ3n) is 2.55. The molecule has 0 fully saturated rings. The number of aromatic nitrogens is 1. The van der Waals surface area contributed by atoms with Gasteiger partial charge in [-0.1, -0.05) is 0 Å². The van der Waals surface area contributed by atoms with Crippen LogP contribution < -0.4 is 0 Å². The monoisotopic (exact) mass is 229 g/mol. The molecule has 0 aliphatic rings. The van der Waals surface area contributed by atoms with Crippen molar-refractivity contribution < 1.29 is 14.3 Å². The number of hydrogen-bond acceptors (Lipinski definition) is 4. The summed E-state index contributed by atoms with van der Waals surface area (Å²) in [6.45, 7) is 1.48. The standard InChI is InChI=1S/C13H11NO3/c1-8(15)9-3-4-12-11(7-9)10(5-6-14-12)13(16)17-2/h3-7H,1-2H3. The topological polar surface area (TPSA) is 56.3 Å². The van der Waals surface area contributed by atoms with Crippen molar-refractivity contribution >= 4 is 22.7 Å². The molecule has 0 spiro atoms. The van der Waals surface area contributed by atoms with Gasteiger partial charge in [-0.2, -0.15) is 0 Å². The lowest BCUT2D eigenvalue weighted by Gasteiger charge is -2.05. The van der Waals surface area contributed by atoms with Crippen molar-refractivity contribution in [2.45, 2.75) is 6.92 Å². The van der Waals surface area contributed by atoms with Gasteiger partial charge in [0.2, 0.25) is 0 Å². The molecule has 0 unspecified atom stereocenters. The van der Waals surface area contributed by atoms with E-state index in [4.69, 9.17) is 4.74 Å². The average molecular weight is 229 g/mol. The van der Waals surface area contributed by atoms with Crippen LogP contribution in [-0.4, -0.2) is 23.8 Å². The summed E-state index contributed by atoms with van der Waals surface area (Å²) in [6.07, 6.45) is 1.54. The molecule has 0 bridgehead atoms. The fourth-order valence-electron chi connectivity index (χ4n) is 1.65. The van der Waals surface area contributed by atoms with Crippen LogP contribution in [0.5, 0.6) is 0 Å². The lowest BCUT2D eigenvalue weighted by atomic mass is 10.0. The Morgan fingerprint density at radius 2 is 2.00 bits per heavy atom. The third-order valence-corrected chi connectivity index (χ3v) is 2.55. The van der Waals surface area contributed by atoms with Crippen LogP contribution in [0.15, 0.2) is 30.5 Å². The number of rotatable bonds is 2. The van der Waals surface area contributed by atoms with Crippen LogP contribution >= 0.6 is 0 Å². The molecule has 0 aliphatic carbocycles. The van der Waals surface area contributed by atoms with Gasteiger partial charge >= 0.3 is 5.97 Å². The molecule has 0 saturated heterocycles. The van der Waals surface area contributed by atoms with Gasteiger partial charge in [0.15, 0.2) is 5.78 Å². The Bertz CT molecular complexity index is 605. The fraction of sp³-hybridized carbons (Fsp3) is 0.154. The van der Waals surface area contributed by atoms with Crippen LogP contribution in [0.1, 0.15) is 27.6 Å². The number of hydrogen-bond donors (Lipinski definition) is 0. The number of esters is 1. The molecule has 2 rings (SSSR count). The number of pyridine rings is 1. The molecule has 4 nitrogen and oxygen atoms in total. The van der Waals surface area contributed by atoms with E-state index in [0.29, 0.717) is 22.0 Å². The third kappa shape index (κ3) is 2.01. The molecule has 0 atom stereocenters. The van der Waals surface area contributed by atoms with E-state index in [1.165, 1.54) is 14.0 Å². The van der Waals surface area contributed by atoms with Gasteiger partial charge in [0.1, 0.15) is 0 Å². The fourth-order valence-corrected chi connectivity index (χ4v) is 1.65. The van der Waals surface area contributed by atoms with E-state index in [1.54, 1.807) is 30.5 Å². The quantitative estimate of drug-likeness (QED) is 0.585. The summed E-state index contributed by atoms with van der Waals surface area (Å²) < 4.78 is 4.69. The maximum Gasteiger partial charge on any atom is 0.338 e. The molecule has 0 radical (unpaired) electrons. The van der Waals surface area contributed by atoms with Gasteiger partial charge in [0.25, 0.3) is 0 Å². The summed E-state index contributed by atoms with van der Waals surface area (Å²) in [5.41, 5.74) is 1.63. The molecule has 4 heteroatoms. The van der Waals surface area contributed by atoms with Crippen molar-refractivity contribution in [2.24, 2.45) is 0 Å². The van der Waals surface area contributed by atoms with Crippen molar-refractivity contribution in [2.75, 3.05) is 7.11 Å². The SMILES string of the molecule is COC(=O)c1ccnc2ccc(C(C)=O)cc12. The lowest BCUT2D eigenvalue weighted by Crippen LogP contribution is -2.03. The van der Waals surface area contributed by atoms with Gasteiger partial charge in [0.05, 0.1) is 18.2 Å². The summed E-state index contributed by atoms with van der Waals surface area (Å²) in [4.78, 5) is 27.0. The Kier molecular flexibility index (Phi) is 2.87. The number of fused-ring (bicyclic) bond motifs is 1. The largest absolute Gasteiger partial charge is 0.465 e. The number of carbonyl (C=O) groups is 2. The summed E-state index contributed by atoms with van der Waals surface area (Å²) >= 11 is 0. The first-order valence-electron chi connectivity index (χ1n) is 5.11. The Hall–Kier alpha value is -2.23. The van der Waals surface area contributed by atoms with Crippen LogP contribution in [0.25, 0.3) is 10.9 Å². The van der Waals surface area contributed by atoms with Crippen LogP contribution in [0, 0.1) is 0 Å². The predicted molar refractivity (Wildman–Crippen MR) is 63.1 cm³/mol. The first-order valence-corrected chi connectivity index (χ1v) is 5.11. The minimum absolute atomic E-state index is 0.0495. The zero-order chi connectivity index (χ0) is 12.4. The van der Waals surface area contributed by atoms with E-state index in [9.17, 15) is 9.59 Å². The molecule has 1 heterocycles. The molecule has 0 amide bonds. The summed E-state index contributed by atoms with van der Waals surface area (Å²) in [5, 5.41) is 0.632. The zero-order valence-electron chi connectivity index (χ0n) is 9.56. The second-order valence-corrected chi connectivity index (χ2v) is 3.64. The van der Waals surface area contributed by atoms with Crippen molar-refractivity contribution in [3.8, 4) is 0 Å². The Balaban J connectivity index is 2.72. The summed E-state index contributed by atoms with van der Waals surface area (Å²) in [5.74, 6) is -0.482. The maximum atomic E-state index is 11.6. The highest BCUT2D eigenvalue weighted by Crippen LogP contribution is 2.19. The Labute approximate surface area is 98.2 Å². The normalized spacial score (nSPS) is 10.2. The minimum Gasteiger partial charge on any atom is -0.465 e. The van der Waals surface area contributed by atoms with Crippen LogP contribution in [0.2, 0.25) is 0 Å². The van der Waals surface area contributed by atoms with E-state index < -0.39 is 5.97 Å². The first-order chi connectivity index (χ1) is 8.13. The van der Waals surface area contributed by atoms with E-state index in [-0.39, 0.29) is 5.78 Å². The number of benzene rings is 1. The molecular weight excluding hydrogens is 218 g/mol. The first kappa shape index (κ1) is 11.3. The van der Waals surface area contributed by atoms with Gasteiger partial charge in [-0.3, -0.25) is 9.78 Å². The molecule has 1 aromatic heterocycles. The molecule has 1 aromatic carbocycles. The molecule has 17 heavy (non-hydrogen) atoms. The van der Waals surface area contributed by atoms with E-state index in [1.807, 2.05) is 0 Å². The van der Waals surface area contributed by atoms with E-state index in [0.717, 1.165) is 0 Å². The van der Waals surface area contributed by atoms with Gasteiger partial charge in [-0.25, -0.2) is 4.79 Å². The number of methoxy groups -OCH3 is 1. The van der Waals surface area contributed by atoms with Gasteiger partial charge in [-0.05, 0) is 31.2 Å². The second-order valence-electron chi connectivity index (χ2n) is 3.64. The molecule has 0 aliphatic heterocycles. The second kappa shape index (κ2) is 4.33. The molecular formula is C13H11NO3. The smallest absolute Gasteiger partial charge is 0.338 e. The molecule has 2 aromatic rings.